The van der Waals surface area contributed by atoms with E-state index in [1.54, 1.807) is 23.9 Å². The summed E-state index contributed by atoms with van der Waals surface area (Å²) in [7, 11) is 3.72. The minimum Gasteiger partial charge on any atom is -0.493 e. The lowest BCUT2D eigenvalue weighted by atomic mass is 10.1. The van der Waals surface area contributed by atoms with Crippen molar-refractivity contribution in [2.75, 3.05) is 25.5 Å². The molecule has 1 aliphatic rings. The number of hydrogen-bond acceptors (Lipinski definition) is 6. The molecule has 1 aliphatic heterocycles. The van der Waals surface area contributed by atoms with Gasteiger partial charge in [-0.25, -0.2) is 4.98 Å². The predicted octanol–water partition coefficient (Wildman–Crippen LogP) is 2.95. The summed E-state index contributed by atoms with van der Waals surface area (Å²) >= 11 is 0. The molecule has 176 valence electrons. The highest BCUT2D eigenvalue weighted by atomic mass is 16.5. The summed E-state index contributed by atoms with van der Waals surface area (Å²) in [5, 5.41) is 7.55. The first kappa shape index (κ1) is 23.0. The summed E-state index contributed by atoms with van der Waals surface area (Å²) in [4.78, 5) is 35.5. The van der Waals surface area contributed by atoms with Gasteiger partial charge in [0.2, 0.25) is 5.91 Å². The number of likely N-dealkylation sites (tertiary alicyclic amines) is 1. The molecule has 0 saturated carbocycles. The second kappa shape index (κ2) is 9.35. The molecule has 0 radical (unpaired) electrons. The number of aryl methyl sites for hydroxylation is 1. The Morgan fingerprint density at radius 3 is 2.79 bits per heavy atom. The fourth-order valence-corrected chi connectivity index (χ4v) is 4.44. The van der Waals surface area contributed by atoms with Crippen LogP contribution >= 0.6 is 0 Å². The van der Waals surface area contributed by atoms with Crippen LogP contribution < -0.4 is 15.6 Å². The summed E-state index contributed by atoms with van der Waals surface area (Å²) < 4.78 is 7.40. The number of carbonyl (C=O) groups is 1. The van der Waals surface area contributed by atoms with E-state index in [-0.39, 0.29) is 17.5 Å². The minimum absolute atomic E-state index is 0.0338. The highest BCUT2D eigenvalue weighted by Crippen LogP contribution is 2.32. The number of benzene rings is 1. The van der Waals surface area contributed by atoms with Crippen molar-refractivity contribution >= 4 is 22.6 Å². The molecule has 0 spiro atoms. The van der Waals surface area contributed by atoms with Crippen LogP contribution in [0.25, 0.3) is 22.4 Å². The van der Waals surface area contributed by atoms with Gasteiger partial charge >= 0.3 is 0 Å². The van der Waals surface area contributed by atoms with Crippen LogP contribution in [0.5, 0.6) is 5.75 Å². The summed E-state index contributed by atoms with van der Waals surface area (Å²) in [6.45, 7) is 7.49. The van der Waals surface area contributed by atoms with Gasteiger partial charge in [0.25, 0.3) is 5.56 Å². The van der Waals surface area contributed by atoms with E-state index < -0.39 is 0 Å². The van der Waals surface area contributed by atoms with Crippen molar-refractivity contribution in [3.8, 4) is 17.1 Å². The van der Waals surface area contributed by atoms with E-state index in [1.165, 1.54) is 0 Å². The number of aromatic amines is 1. The highest BCUT2D eigenvalue weighted by molar-refractivity contribution is 5.95. The van der Waals surface area contributed by atoms with Gasteiger partial charge in [-0.3, -0.25) is 19.2 Å². The smallest absolute Gasteiger partial charge is 0.277 e. The lowest BCUT2D eigenvalue weighted by molar-refractivity contribution is -0.119. The average molecular weight is 453 g/mol. The molecule has 3 aromatic rings. The highest BCUT2D eigenvalue weighted by Gasteiger charge is 2.28. The normalized spacial score (nSPS) is 16.6. The van der Waals surface area contributed by atoms with Gasteiger partial charge in [0, 0.05) is 12.7 Å². The molecular formula is C24H32N6O3. The zero-order valence-electron chi connectivity index (χ0n) is 19.9. The number of hydrogen-bond donors (Lipinski definition) is 2. The molecule has 1 aromatic carbocycles. The van der Waals surface area contributed by atoms with Crippen molar-refractivity contribution in [3.05, 3.63) is 34.2 Å². The van der Waals surface area contributed by atoms with Crippen LogP contribution in [0.4, 0.5) is 5.69 Å². The number of nitrogens with zero attached hydrogens (tertiary/aromatic N) is 4. The van der Waals surface area contributed by atoms with Crippen molar-refractivity contribution in [2.45, 2.75) is 46.1 Å². The van der Waals surface area contributed by atoms with Crippen LogP contribution in [-0.2, 0) is 18.3 Å². The Hall–Kier alpha value is -3.20. The molecule has 1 saturated heterocycles. The van der Waals surface area contributed by atoms with Gasteiger partial charge in [0.15, 0.2) is 5.52 Å². The Balaban J connectivity index is 1.77. The number of fused-ring (bicyclic) bond motifs is 1. The molecule has 0 aliphatic carbocycles. The topological polar surface area (TPSA) is 105 Å². The summed E-state index contributed by atoms with van der Waals surface area (Å²) in [5.74, 6) is 1.32. The number of nitrogens with one attached hydrogen (secondary N) is 2. The monoisotopic (exact) mass is 452 g/mol. The quantitative estimate of drug-likeness (QED) is 0.571. The summed E-state index contributed by atoms with van der Waals surface area (Å²) in [6, 6.07) is 5.28. The van der Waals surface area contributed by atoms with E-state index in [9.17, 15) is 9.59 Å². The maximum Gasteiger partial charge on any atom is 0.277 e. The number of rotatable bonds is 7. The number of carbonyl (C=O) groups excluding carboxylic acids is 1. The third-order valence-corrected chi connectivity index (χ3v) is 5.99. The first-order valence-electron chi connectivity index (χ1n) is 11.5. The average Bonchev–Trinajstić information content (AvgIpc) is 3.32. The van der Waals surface area contributed by atoms with Gasteiger partial charge in [0.05, 0.1) is 23.9 Å². The van der Waals surface area contributed by atoms with Crippen LogP contribution in [0.2, 0.25) is 0 Å². The zero-order valence-corrected chi connectivity index (χ0v) is 19.9. The van der Waals surface area contributed by atoms with Crippen LogP contribution in [0.3, 0.4) is 0 Å². The fourth-order valence-electron chi connectivity index (χ4n) is 4.44. The van der Waals surface area contributed by atoms with Gasteiger partial charge in [-0.15, -0.1) is 0 Å². The van der Waals surface area contributed by atoms with E-state index in [2.05, 4.69) is 34.1 Å². The molecule has 1 unspecified atom stereocenters. The van der Waals surface area contributed by atoms with Gasteiger partial charge in [0.1, 0.15) is 17.1 Å². The number of ether oxygens (including phenoxy) is 1. The Labute approximate surface area is 193 Å². The van der Waals surface area contributed by atoms with E-state index in [4.69, 9.17) is 9.72 Å². The van der Waals surface area contributed by atoms with Crippen molar-refractivity contribution in [1.82, 2.24) is 24.6 Å². The van der Waals surface area contributed by atoms with E-state index in [1.807, 2.05) is 20.0 Å². The number of anilines is 1. The molecule has 2 aromatic heterocycles. The summed E-state index contributed by atoms with van der Waals surface area (Å²) in [5.41, 5.74) is 2.82. The Morgan fingerprint density at radius 2 is 2.12 bits per heavy atom. The van der Waals surface area contributed by atoms with Crippen molar-refractivity contribution in [3.63, 3.8) is 0 Å². The molecule has 1 fully saturated rings. The van der Waals surface area contributed by atoms with Gasteiger partial charge in [-0.2, -0.15) is 5.10 Å². The fraction of sp³-hybridized carbons (Fsp3) is 0.500. The minimum atomic E-state index is -0.260. The largest absolute Gasteiger partial charge is 0.493 e. The number of likely N-dealkylation sites (N-methyl/N-ethyl adjacent to an activating group) is 1. The molecule has 4 rings (SSSR count). The summed E-state index contributed by atoms with van der Waals surface area (Å²) in [6.07, 6.45) is 2.58. The van der Waals surface area contributed by atoms with Gasteiger partial charge in [-0.05, 0) is 63.9 Å². The van der Waals surface area contributed by atoms with Crippen LogP contribution in [-0.4, -0.2) is 56.8 Å². The first-order chi connectivity index (χ1) is 15.8. The van der Waals surface area contributed by atoms with Crippen molar-refractivity contribution in [1.29, 1.82) is 0 Å². The third-order valence-electron chi connectivity index (χ3n) is 5.99. The standard InChI is InChI=1S/C24H32N6O3/c1-6-33-19-10-9-15(25-23(31)18-8-7-11-29(18)4)13-16(19)22-26-20-17(12-14(2)3)28-30(5)21(20)24(32)27-22/h9-10,13-14,18H,6-8,11-12H2,1-5H3,(H,25,31)(H,26,27,32). The lowest BCUT2D eigenvalue weighted by Crippen LogP contribution is -2.37. The Morgan fingerprint density at radius 1 is 1.33 bits per heavy atom. The van der Waals surface area contributed by atoms with Crippen LogP contribution in [0.1, 0.15) is 39.3 Å². The van der Waals surface area contributed by atoms with Crippen molar-refractivity contribution in [2.24, 2.45) is 13.0 Å². The molecule has 1 atom stereocenters. The van der Waals surface area contributed by atoms with E-state index in [0.717, 1.165) is 31.5 Å². The molecule has 1 amide bonds. The van der Waals surface area contributed by atoms with Crippen LogP contribution in [0, 0.1) is 5.92 Å². The Kier molecular flexibility index (Phi) is 6.51. The first-order valence-corrected chi connectivity index (χ1v) is 11.5. The molecule has 9 heteroatoms. The van der Waals surface area contributed by atoms with E-state index in [0.29, 0.717) is 46.4 Å². The maximum absolute atomic E-state index is 13.0. The molecule has 0 bridgehead atoms. The van der Waals surface area contributed by atoms with Gasteiger partial charge < -0.3 is 15.0 Å². The predicted molar refractivity (Wildman–Crippen MR) is 129 cm³/mol. The van der Waals surface area contributed by atoms with Gasteiger partial charge in [-0.1, -0.05) is 13.8 Å². The molecule has 2 N–H and O–H groups in total. The second-order valence-electron chi connectivity index (χ2n) is 9.05. The molecule has 9 nitrogen and oxygen atoms in total. The zero-order chi connectivity index (χ0) is 23.7. The van der Waals surface area contributed by atoms with E-state index >= 15 is 0 Å². The molecule has 3 heterocycles. The maximum atomic E-state index is 13.0. The molecular weight excluding hydrogens is 420 g/mol. The second-order valence-corrected chi connectivity index (χ2v) is 9.05. The number of aromatic nitrogens is 4. The van der Waals surface area contributed by atoms with Crippen LogP contribution in [0.15, 0.2) is 23.0 Å². The number of amides is 1. The number of H-pyrrole nitrogens is 1. The third kappa shape index (κ3) is 4.64. The lowest BCUT2D eigenvalue weighted by Gasteiger charge is -2.19. The Bertz CT molecular complexity index is 1230. The molecule has 33 heavy (non-hydrogen) atoms. The SMILES string of the molecule is CCOc1ccc(NC(=O)C2CCCN2C)cc1-c1nc2c(CC(C)C)nn(C)c2c(=O)[nH]1. The van der Waals surface area contributed by atoms with Crippen molar-refractivity contribution < 1.29 is 9.53 Å².